The number of aryl methyl sites for hydroxylation is 1. The van der Waals surface area contributed by atoms with E-state index in [0.29, 0.717) is 0 Å². The van der Waals surface area contributed by atoms with Gasteiger partial charge in [-0.2, -0.15) is 0 Å². The van der Waals surface area contributed by atoms with Crippen molar-refractivity contribution in [3.63, 3.8) is 0 Å². The second kappa shape index (κ2) is 15.8. The second-order valence-corrected chi connectivity index (χ2v) is 33.2. The first kappa shape index (κ1) is 43.9. The lowest BCUT2D eigenvalue weighted by Crippen LogP contribution is -2.64. The summed E-state index contributed by atoms with van der Waals surface area (Å²) in [6, 6.07) is 67.9. The Morgan fingerprint density at radius 2 is 1.03 bits per heavy atom. The highest BCUT2D eigenvalue weighted by molar-refractivity contribution is 7.00. The first-order valence-corrected chi connectivity index (χ1v) is 32.4. The maximum absolute atomic E-state index is 2.89. The number of nitrogens with zero attached hydrogens (tertiary/aromatic N) is 3. The van der Waals surface area contributed by atoms with Gasteiger partial charge < -0.3 is 14.7 Å². The van der Waals surface area contributed by atoms with Gasteiger partial charge in [-0.05, 0) is 125 Å². The number of rotatable bonds is 8. The third-order valence-corrected chi connectivity index (χ3v) is 20.9. The zero-order chi connectivity index (χ0) is 47.6. The van der Waals surface area contributed by atoms with Crippen LogP contribution in [-0.4, -0.2) is 28.4 Å². The van der Waals surface area contributed by atoms with Crippen LogP contribution in [0.25, 0.3) is 22.3 Å². The summed E-state index contributed by atoms with van der Waals surface area (Å²) < 4.78 is 0. The summed E-state index contributed by atoms with van der Waals surface area (Å²) in [5.74, 6) is 0. The molecular weight excluding hydrogens is 866 g/mol. The summed E-state index contributed by atoms with van der Waals surface area (Å²) in [5.41, 5.74) is 22.0. The number of fused-ring (bicyclic) bond motifs is 7. The molecule has 3 nitrogen and oxygen atoms in total. The Hall–Kier alpha value is -6.34. The quantitative estimate of drug-likeness (QED) is 0.141. The predicted molar refractivity (Wildman–Crippen MR) is 305 cm³/mol. The zero-order valence-corrected chi connectivity index (χ0v) is 44.0. The Labute approximate surface area is 413 Å². The van der Waals surface area contributed by atoms with Gasteiger partial charge in [0.25, 0.3) is 6.71 Å². The summed E-state index contributed by atoms with van der Waals surface area (Å²) in [5, 5.41) is 2.95. The third-order valence-electron chi connectivity index (χ3n) is 16.7. The minimum Gasteiger partial charge on any atom is -0.335 e. The lowest BCUT2D eigenvalue weighted by atomic mass is 9.33. The van der Waals surface area contributed by atoms with Crippen LogP contribution < -0.4 is 41.5 Å². The molecule has 1 fully saturated rings. The van der Waals surface area contributed by atoms with Crippen molar-refractivity contribution >= 4 is 95.1 Å². The highest BCUT2D eigenvalue weighted by Gasteiger charge is 2.61. The molecule has 0 amide bonds. The normalized spacial score (nSPS) is 18.9. The molecule has 1 aliphatic carbocycles. The molecule has 0 radical (unpaired) electrons. The van der Waals surface area contributed by atoms with E-state index < -0.39 is 16.1 Å². The van der Waals surface area contributed by atoms with E-state index in [1.807, 2.05) is 0 Å². The molecule has 69 heavy (non-hydrogen) atoms. The molecule has 0 saturated heterocycles. The van der Waals surface area contributed by atoms with Gasteiger partial charge in [0.2, 0.25) is 0 Å². The van der Waals surface area contributed by atoms with E-state index >= 15 is 0 Å². The van der Waals surface area contributed by atoms with E-state index in [9.17, 15) is 0 Å². The van der Waals surface area contributed by atoms with Crippen LogP contribution in [0.3, 0.4) is 0 Å². The number of benzene rings is 8. The average molecular weight is 930 g/mol. The van der Waals surface area contributed by atoms with Crippen molar-refractivity contribution in [2.24, 2.45) is 0 Å². The van der Waals surface area contributed by atoms with E-state index in [1.54, 1.807) is 0 Å². The molecular formula is C63H64BN3Si2. The lowest BCUT2D eigenvalue weighted by Gasteiger charge is -2.53. The molecule has 6 heteroatoms. The van der Waals surface area contributed by atoms with E-state index in [-0.39, 0.29) is 17.7 Å². The Morgan fingerprint density at radius 1 is 0.493 bits per heavy atom. The largest absolute Gasteiger partial charge is 0.335 e. The zero-order valence-electron chi connectivity index (χ0n) is 42.0. The standard InChI is InChI=1S/C63H64BN3Si2/c1-43-38-54-61-56(39-43)64-55-40-47(45-20-14-11-15-21-45)24-35-57(55)66(50-25-22-46(23-26-50)44-18-12-10-13-19-44)58-41-51(42-59(60(58)64)67(61)63(3)37-17-16-36-62(54,63)2)65(48-27-31-52(32-28-48)68(4,5)6)49-29-33-53(34-30-49)69(7,8)9/h10-15,18-35,38-42H,16-17,36-37H2,1-9H3. The van der Waals surface area contributed by atoms with Gasteiger partial charge in [0.15, 0.2) is 0 Å². The maximum atomic E-state index is 2.89. The van der Waals surface area contributed by atoms with E-state index in [4.69, 9.17) is 0 Å². The van der Waals surface area contributed by atoms with Gasteiger partial charge in [-0.3, -0.25) is 0 Å². The van der Waals surface area contributed by atoms with Crippen molar-refractivity contribution in [1.29, 1.82) is 0 Å². The first-order chi connectivity index (χ1) is 33.1. The Balaban J connectivity index is 1.18. The molecule has 1 saturated carbocycles. The molecule has 4 aliphatic rings. The first-order valence-electron chi connectivity index (χ1n) is 25.4. The fourth-order valence-electron chi connectivity index (χ4n) is 12.8. The van der Waals surface area contributed by atoms with Crippen molar-refractivity contribution in [2.45, 2.75) is 96.7 Å². The highest BCUT2D eigenvalue weighted by Crippen LogP contribution is 2.62. The van der Waals surface area contributed by atoms with E-state index in [0.717, 1.165) is 12.1 Å². The van der Waals surface area contributed by atoms with Gasteiger partial charge in [0.05, 0.1) is 27.4 Å². The van der Waals surface area contributed by atoms with Crippen LogP contribution in [0.5, 0.6) is 0 Å². The van der Waals surface area contributed by atoms with Crippen molar-refractivity contribution in [3.05, 3.63) is 187 Å². The molecule has 0 aromatic heterocycles. The molecule has 8 aromatic rings. The fourth-order valence-corrected chi connectivity index (χ4v) is 15.1. The van der Waals surface area contributed by atoms with E-state index in [1.165, 1.54) is 119 Å². The predicted octanol–water partition coefficient (Wildman–Crippen LogP) is 14.2. The molecule has 8 aromatic carbocycles. The molecule has 2 unspecified atom stereocenters. The molecule has 0 N–H and O–H groups in total. The second-order valence-electron chi connectivity index (χ2n) is 23.0. The van der Waals surface area contributed by atoms with Gasteiger partial charge in [-0.15, -0.1) is 0 Å². The number of anilines is 8. The molecule has 342 valence electrons. The highest BCUT2D eigenvalue weighted by atomic mass is 28.3. The van der Waals surface area contributed by atoms with Crippen LogP contribution in [0.4, 0.5) is 45.5 Å². The summed E-state index contributed by atoms with van der Waals surface area (Å²) in [6.07, 6.45) is 4.84. The smallest absolute Gasteiger partial charge is 0.252 e. The van der Waals surface area contributed by atoms with Crippen LogP contribution in [0, 0.1) is 6.92 Å². The van der Waals surface area contributed by atoms with E-state index in [2.05, 4.69) is 251 Å². The van der Waals surface area contributed by atoms with Crippen molar-refractivity contribution in [3.8, 4) is 22.3 Å². The summed E-state index contributed by atoms with van der Waals surface area (Å²) >= 11 is 0. The van der Waals surface area contributed by atoms with Gasteiger partial charge >= 0.3 is 0 Å². The number of hydrogen-bond donors (Lipinski definition) is 0. The van der Waals surface area contributed by atoms with Gasteiger partial charge in [-0.1, -0.05) is 196 Å². The molecule has 2 atom stereocenters. The Bertz CT molecular complexity index is 3230. The summed E-state index contributed by atoms with van der Waals surface area (Å²) in [4.78, 5) is 8.06. The minimum absolute atomic E-state index is 0.00154. The van der Waals surface area contributed by atoms with Crippen LogP contribution in [0.15, 0.2) is 176 Å². The third kappa shape index (κ3) is 6.88. The van der Waals surface area contributed by atoms with Crippen LogP contribution >= 0.6 is 0 Å². The minimum atomic E-state index is -1.55. The molecule has 12 rings (SSSR count). The number of hydrogen-bond acceptors (Lipinski definition) is 3. The summed E-state index contributed by atoms with van der Waals surface area (Å²) in [7, 11) is -3.10. The SMILES string of the molecule is Cc1cc2c3c(c1)C1(C)CCCCC1(C)N3c1cc(N(c3ccc([Si](C)(C)C)cc3)c3ccc([Si](C)(C)C)cc3)cc3c1B2c1cc(-c2ccccc2)ccc1N3c1ccc(-c2ccccc2)cc1. The lowest BCUT2D eigenvalue weighted by molar-refractivity contribution is 0.195. The fraction of sp³-hybridized carbons (Fsp3) is 0.238. The maximum Gasteiger partial charge on any atom is 0.252 e. The summed E-state index contributed by atoms with van der Waals surface area (Å²) in [6.45, 7) is 22.3. The molecule has 3 aliphatic heterocycles. The van der Waals surface area contributed by atoms with Crippen molar-refractivity contribution in [1.82, 2.24) is 0 Å². The molecule has 0 spiro atoms. The van der Waals surface area contributed by atoms with Crippen molar-refractivity contribution < 1.29 is 0 Å². The van der Waals surface area contributed by atoms with Gasteiger partial charge in [-0.25, -0.2) is 0 Å². The topological polar surface area (TPSA) is 9.72 Å². The molecule has 3 heterocycles. The Kier molecular flexibility index (Phi) is 10.1. The van der Waals surface area contributed by atoms with Crippen LogP contribution in [0.1, 0.15) is 50.7 Å². The van der Waals surface area contributed by atoms with Gasteiger partial charge in [0, 0.05) is 45.2 Å². The monoisotopic (exact) mass is 929 g/mol. The van der Waals surface area contributed by atoms with Gasteiger partial charge in [0.1, 0.15) is 0 Å². The molecule has 0 bridgehead atoms. The van der Waals surface area contributed by atoms with Crippen molar-refractivity contribution in [2.75, 3.05) is 14.7 Å². The van der Waals surface area contributed by atoms with Crippen LogP contribution in [0.2, 0.25) is 39.3 Å². The van der Waals surface area contributed by atoms with Crippen LogP contribution in [-0.2, 0) is 5.41 Å². The Morgan fingerprint density at radius 3 is 1.62 bits per heavy atom. The average Bonchev–Trinajstić information content (AvgIpc) is 3.56.